The quantitative estimate of drug-likeness (QED) is 0.465. The molecule has 3 rings (SSSR count). The van der Waals surface area contributed by atoms with Crippen molar-refractivity contribution in [2.24, 2.45) is 5.92 Å². The summed E-state index contributed by atoms with van der Waals surface area (Å²) in [4.78, 5) is 24.9. The lowest BCUT2D eigenvalue weighted by atomic mass is 9.90. The second-order valence-electron chi connectivity index (χ2n) is 7.42. The normalized spacial score (nSPS) is 14.4. The second-order valence-corrected chi connectivity index (χ2v) is 7.82. The number of nitro groups is 1. The van der Waals surface area contributed by atoms with Crippen molar-refractivity contribution in [3.8, 4) is 11.5 Å². The van der Waals surface area contributed by atoms with E-state index in [0.717, 1.165) is 37.2 Å². The molecule has 0 saturated carbocycles. The number of rotatable bonds is 7. The molecule has 0 aliphatic carbocycles. The van der Waals surface area contributed by atoms with Crippen LogP contribution in [0, 0.1) is 16.0 Å². The highest BCUT2D eigenvalue weighted by molar-refractivity contribution is 6.34. The number of carbonyl (C=O) groups is 1. The van der Waals surface area contributed by atoms with Gasteiger partial charge in [0.1, 0.15) is 11.5 Å². The van der Waals surface area contributed by atoms with Crippen LogP contribution >= 0.6 is 11.6 Å². The first-order valence-electron chi connectivity index (χ1n) is 9.86. The van der Waals surface area contributed by atoms with E-state index in [-0.39, 0.29) is 16.6 Å². The third kappa shape index (κ3) is 5.21. The van der Waals surface area contributed by atoms with Crippen molar-refractivity contribution in [2.45, 2.75) is 25.7 Å². The highest BCUT2D eigenvalue weighted by Crippen LogP contribution is 2.29. The molecule has 1 heterocycles. The number of halogens is 1. The van der Waals surface area contributed by atoms with E-state index in [4.69, 9.17) is 21.1 Å². The first kappa shape index (κ1) is 21.9. The molecule has 1 fully saturated rings. The summed E-state index contributed by atoms with van der Waals surface area (Å²) in [6, 6.07) is 9.88. The summed E-state index contributed by atoms with van der Waals surface area (Å²) in [5, 5.41) is 11.0. The monoisotopic (exact) mass is 432 g/mol. The summed E-state index contributed by atoms with van der Waals surface area (Å²) < 4.78 is 10.7. The maximum Gasteiger partial charge on any atom is 0.270 e. The highest BCUT2D eigenvalue weighted by atomic mass is 35.5. The maximum atomic E-state index is 12.8. The van der Waals surface area contributed by atoms with Crippen LogP contribution in [0.4, 0.5) is 5.69 Å². The van der Waals surface area contributed by atoms with Crippen LogP contribution in [0.5, 0.6) is 11.5 Å². The van der Waals surface area contributed by atoms with Crippen LogP contribution in [0.2, 0.25) is 5.02 Å². The average molecular weight is 433 g/mol. The van der Waals surface area contributed by atoms with Crippen LogP contribution in [-0.4, -0.2) is 43.0 Å². The van der Waals surface area contributed by atoms with Gasteiger partial charge in [0.15, 0.2) is 0 Å². The molecule has 1 saturated heterocycles. The number of non-ortho nitro benzene ring substituents is 1. The van der Waals surface area contributed by atoms with Gasteiger partial charge < -0.3 is 14.4 Å². The van der Waals surface area contributed by atoms with E-state index < -0.39 is 4.92 Å². The van der Waals surface area contributed by atoms with Gasteiger partial charge in [0, 0.05) is 31.3 Å². The minimum atomic E-state index is -0.524. The van der Waals surface area contributed by atoms with E-state index in [2.05, 4.69) is 0 Å². The van der Waals surface area contributed by atoms with Crippen molar-refractivity contribution >= 4 is 23.2 Å². The number of ether oxygens (including phenoxy) is 2. The Kier molecular flexibility index (Phi) is 7.15. The molecule has 2 aromatic rings. The fourth-order valence-corrected chi connectivity index (χ4v) is 4.02. The van der Waals surface area contributed by atoms with Crippen LogP contribution in [0.15, 0.2) is 36.4 Å². The summed E-state index contributed by atoms with van der Waals surface area (Å²) in [5.74, 6) is 1.92. The number of hydrogen-bond donors (Lipinski definition) is 0. The van der Waals surface area contributed by atoms with E-state index in [9.17, 15) is 14.9 Å². The van der Waals surface area contributed by atoms with Gasteiger partial charge in [-0.25, -0.2) is 0 Å². The minimum absolute atomic E-state index is 0.114. The lowest BCUT2D eigenvalue weighted by molar-refractivity contribution is -0.384. The van der Waals surface area contributed by atoms with Gasteiger partial charge in [-0.05, 0) is 55.4 Å². The Balaban J connectivity index is 1.55. The molecule has 8 heteroatoms. The Labute approximate surface area is 180 Å². The van der Waals surface area contributed by atoms with Crippen molar-refractivity contribution in [2.75, 3.05) is 27.3 Å². The number of carbonyl (C=O) groups excluding carboxylic acids is 1. The topological polar surface area (TPSA) is 81.9 Å². The van der Waals surface area contributed by atoms with Crippen molar-refractivity contribution < 1.29 is 19.2 Å². The number of piperidine rings is 1. The molecule has 1 aliphatic heterocycles. The van der Waals surface area contributed by atoms with Gasteiger partial charge >= 0.3 is 0 Å². The fourth-order valence-electron chi connectivity index (χ4n) is 3.77. The Hall–Kier alpha value is -2.80. The number of amides is 1. The van der Waals surface area contributed by atoms with Crippen LogP contribution in [0.25, 0.3) is 0 Å². The molecule has 2 aromatic carbocycles. The molecule has 0 spiro atoms. The molecule has 0 N–H and O–H groups in total. The smallest absolute Gasteiger partial charge is 0.270 e. The molecule has 30 heavy (non-hydrogen) atoms. The number of likely N-dealkylation sites (tertiary alicyclic amines) is 1. The number of hydrogen-bond acceptors (Lipinski definition) is 5. The number of nitrogens with zero attached hydrogens (tertiary/aromatic N) is 2. The molecule has 0 bridgehead atoms. The van der Waals surface area contributed by atoms with Crippen LogP contribution in [-0.2, 0) is 6.42 Å². The van der Waals surface area contributed by atoms with E-state index in [0.29, 0.717) is 24.6 Å². The van der Waals surface area contributed by atoms with Crippen LogP contribution in [0.1, 0.15) is 35.2 Å². The van der Waals surface area contributed by atoms with E-state index in [1.165, 1.54) is 23.8 Å². The Morgan fingerprint density at radius 1 is 1.13 bits per heavy atom. The minimum Gasteiger partial charge on any atom is -0.497 e. The van der Waals surface area contributed by atoms with Gasteiger partial charge in [-0.3, -0.25) is 14.9 Å². The number of nitro benzene ring substituents is 1. The molecule has 1 amide bonds. The molecule has 1 aliphatic rings. The van der Waals surface area contributed by atoms with Gasteiger partial charge in [-0.1, -0.05) is 11.6 Å². The van der Waals surface area contributed by atoms with E-state index >= 15 is 0 Å². The maximum absolute atomic E-state index is 12.8. The molecule has 0 radical (unpaired) electrons. The number of benzene rings is 2. The number of methoxy groups -OCH3 is 2. The Morgan fingerprint density at radius 3 is 2.30 bits per heavy atom. The summed E-state index contributed by atoms with van der Waals surface area (Å²) in [6.07, 6.45) is 3.77. The Bertz CT molecular complexity index is 903. The van der Waals surface area contributed by atoms with Gasteiger partial charge in [0.25, 0.3) is 11.6 Å². The van der Waals surface area contributed by atoms with Crippen molar-refractivity contribution in [3.05, 3.63) is 62.7 Å². The second kappa shape index (κ2) is 9.80. The van der Waals surface area contributed by atoms with Gasteiger partial charge in [0.05, 0.1) is 29.7 Å². The fraction of sp³-hybridized carbons (Fsp3) is 0.409. The van der Waals surface area contributed by atoms with Crippen molar-refractivity contribution in [1.29, 1.82) is 0 Å². The molecule has 0 aromatic heterocycles. The van der Waals surface area contributed by atoms with E-state index in [1.54, 1.807) is 19.1 Å². The summed E-state index contributed by atoms with van der Waals surface area (Å²) >= 11 is 6.11. The lowest BCUT2D eigenvalue weighted by Gasteiger charge is -2.32. The summed E-state index contributed by atoms with van der Waals surface area (Å²) in [5.41, 5.74) is 1.36. The number of aryl methyl sites for hydroxylation is 1. The molecule has 0 unspecified atom stereocenters. The zero-order valence-electron chi connectivity index (χ0n) is 17.1. The van der Waals surface area contributed by atoms with Crippen molar-refractivity contribution in [3.63, 3.8) is 0 Å². The summed E-state index contributed by atoms with van der Waals surface area (Å²) in [6.45, 7) is 1.30. The average Bonchev–Trinajstić information content (AvgIpc) is 2.77. The zero-order valence-corrected chi connectivity index (χ0v) is 17.9. The molecule has 160 valence electrons. The predicted octanol–water partition coefficient (Wildman–Crippen LogP) is 4.75. The first-order chi connectivity index (χ1) is 14.4. The van der Waals surface area contributed by atoms with Crippen LogP contribution < -0.4 is 9.47 Å². The molecular formula is C22H25ClN2O5. The van der Waals surface area contributed by atoms with Crippen LogP contribution in [0.3, 0.4) is 0 Å². The van der Waals surface area contributed by atoms with Gasteiger partial charge in [0.2, 0.25) is 0 Å². The SMILES string of the molecule is COc1cc(CCC2CCN(C(=O)c3ccc([N+](=O)[O-])cc3Cl)CC2)cc(OC)c1. The zero-order chi connectivity index (χ0) is 21.7. The van der Waals surface area contributed by atoms with Crippen molar-refractivity contribution in [1.82, 2.24) is 4.90 Å². The van der Waals surface area contributed by atoms with Gasteiger partial charge in [-0.15, -0.1) is 0 Å². The predicted molar refractivity (Wildman–Crippen MR) is 115 cm³/mol. The van der Waals surface area contributed by atoms with Gasteiger partial charge in [-0.2, -0.15) is 0 Å². The largest absolute Gasteiger partial charge is 0.497 e. The third-order valence-electron chi connectivity index (χ3n) is 5.55. The molecular weight excluding hydrogens is 408 g/mol. The standard InChI is InChI=1S/C22H25ClN2O5/c1-29-18-11-16(12-19(14-18)30-2)4-3-15-7-9-24(10-8-15)22(26)20-6-5-17(25(27)28)13-21(20)23/h5-6,11-15H,3-4,7-10H2,1-2H3. The lowest BCUT2D eigenvalue weighted by Crippen LogP contribution is -2.38. The summed E-state index contributed by atoms with van der Waals surface area (Å²) in [7, 11) is 3.28. The third-order valence-corrected chi connectivity index (χ3v) is 5.86. The highest BCUT2D eigenvalue weighted by Gasteiger charge is 2.25. The molecule has 0 atom stereocenters. The molecule has 7 nitrogen and oxygen atoms in total. The Morgan fingerprint density at radius 2 is 1.77 bits per heavy atom. The first-order valence-corrected chi connectivity index (χ1v) is 10.2. The van der Waals surface area contributed by atoms with E-state index in [1.807, 2.05) is 18.2 Å².